The molecule has 1 aliphatic rings. The molecule has 1 atom stereocenters. The van der Waals surface area contributed by atoms with Gasteiger partial charge in [-0.1, -0.05) is 18.2 Å². The van der Waals surface area contributed by atoms with Crippen LogP contribution in [0, 0.1) is 0 Å². The van der Waals surface area contributed by atoms with E-state index in [1.54, 1.807) is 19.1 Å². The number of nitrogens with zero attached hydrogens (tertiary/aromatic N) is 1. The summed E-state index contributed by atoms with van der Waals surface area (Å²) < 4.78 is 5.27. The molecule has 0 saturated carbocycles. The molecule has 4 amide bonds. The summed E-state index contributed by atoms with van der Waals surface area (Å²) in [6.07, 6.45) is 3.99. The molecule has 0 spiro atoms. The van der Waals surface area contributed by atoms with Gasteiger partial charge in [-0.15, -0.1) is 0 Å². The fourth-order valence-corrected chi connectivity index (χ4v) is 3.45. The molecule has 0 aliphatic carbocycles. The van der Waals surface area contributed by atoms with Crippen molar-refractivity contribution >= 4 is 28.7 Å². The van der Waals surface area contributed by atoms with Crippen molar-refractivity contribution in [1.29, 1.82) is 0 Å². The maximum absolute atomic E-state index is 12.7. The zero-order chi connectivity index (χ0) is 19.7. The molecule has 2 aromatic heterocycles. The van der Waals surface area contributed by atoms with E-state index < -0.39 is 23.4 Å². The number of hydrogen-bond acceptors (Lipinski definition) is 4. The van der Waals surface area contributed by atoms with E-state index in [1.165, 1.54) is 6.26 Å². The van der Waals surface area contributed by atoms with E-state index in [0.717, 1.165) is 21.4 Å². The standard InChI is InChI=1S/C20H20N4O4/c1-20(16-7-4-10-28-16)18(26)24(19(27)23-20)12-17(25)21-9-8-13-11-22-15-6-3-2-5-14(13)15/h2-7,10-11,22H,8-9,12H2,1H3,(H,21,25)(H,23,27)/t20-/m1/s1. The molecule has 28 heavy (non-hydrogen) atoms. The fourth-order valence-electron chi connectivity index (χ4n) is 3.45. The van der Waals surface area contributed by atoms with Crippen LogP contribution in [0.15, 0.2) is 53.3 Å². The first-order valence-electron chi connectivity index (χ1n) is 8.99. The Labute approximate surface area is 160 Å². The average Bonchev–Trinajstić information content (AvgIpc) is 3.39. The number of nitrogens with one attached hydrogen (secondary N) is 3. The lowest BCUT2D eigenvalue weighted by molar-refractivity contribution is -0.135. The van der Waals surface area contributed by atoms with Gasteiger partial charge in [0.2, 0.25) is 5.91 Å². The van der Waals surface area contributed by atoms with Gasteiger partial charge in [0.05, 0.1) is 6.26 Å². The number of aromatic amines is 1. The predicted octanol–water partition coefficient (Wildman–Crippen LogP) is 1.89. The van der Waals surface area contributed by atoms with Gasteiger partial charge in [0, 0.05) is 23.6 Å². The van der Waals surface area contributed by atoms with Crippen LogP contribution in [0.25, 0.3) is 10.9 Å². The van der Waals surface area contributed by atoms with E-state index in [2.05, 4.69) is 15.6 Å². The smallest absolute Gasteiger partial charge is 0.325 e. The van der Waals surface area contributed by atoms with Crippen LogP contribution in [0.1, 0.15) is 18.2 Å². The number of rotatable bonds is 6. The van der Waals surface area contributed by atoms with Crippen LogP contribution in [0.4, 0.5) is 4.79 Å². The average molecular weight is 380 g/mol. The molecule has 3 heterocycles. The van der Waals surface area contributed by atoms with Crippen LogP contribution in [-0.2, 0) is 21.5 Å². The zero-order valence-corrected chi connectivity index (χ0v) is 15.3. The highest BCUT2D eigenvalue weighted by molar-refractivity contribution is 6.08. The van der Waals surface area contributed by atoms with Crippen LogP contribution in [0.5, 0.6) is 0 Å². The Balaban J connectivity index is 1.35. The van der Waals surface area contributed by atoms with Crippen molar-refractivity contribution in [2.45, 2.75) is 18.9 Å². The lowest BCUT2D eigenvalue weighted by atomic mass is 9.99. The van der Waals surface area contributed by atoms with E-state index in [9.17, 15) is 14.4 Å². The van der Waals surface area contributed by atoms with Crippen molar-refractivity contribution in [3.63, 3.8) is 0 Å². The number of H-pyrrole nitrogens is 1. The number of hydrogen-bond donors (Lipinski definition) is 3. The maximum atomic E-state index is 12.7. The number of imide groups is 1. The first kappa shape index (κ1) is 17.8. The van der Waals surface area contributed by atoms with E-state index >= 15 is 0 Å². The van der Waals surface area contributed by atoms with E-state index in [4.69, 9.17) is 4.42 Å². The minimum atomic E-state index is -1.30. The summed E-state index contributed by atoms with van der Waals surface area (Å²) in [4.78, 5) is 41.2. The summed E-state index contributed by atoms with van der Waals surface area (Å²) in [5.74, 6) is -0.584. The number of amides is 4. The number of carbonyl (C=O) groups excluding carboxylic acids is 3. The van der Waals surface area contributed by atoms with Gasteiger partial charge in [-0.2, -0.15) is 0 Å². The normalized spacial score (nSPS) is 19.2. The second kappa shape index (κ2) is 6.88. The molecule has 0 bridgehead atoms. The lowest BCUT2D eigenvalue weighted by Gasteiger charge is -2.18. The topological polar surface area (TPSA) is 107 Å². The largest absolute Gasteiger partial charge is 0.466 e. The summed E-state index contributed by atoms with van der Waals surface area (Å²) in [6, 6.07) is 10.6. The van der Waals surface area contributed by atoms with Crippen LogP contribution in [0.3, 0.4) is 0 Å². The van der Waals surface area contributed by atoms with Gasteiger partial charge >= 0.3 is 6.03 Å². The molecule has 3 N–H and O–H groups in total. The van der Waals surface area contributed by atoms with Crippen LogP contribution >= 0.6 is 0 Å². The van der Waals surface area contributed by atoms with Crippen molar-refractivity contribution in [1.82, 2.24) is 20.5 Å². The number of para-hydroxylation sites is 1. The molecule has 1 aliphatic heterocycles. The minimum Gasteiger partial charge on any atom is -0.466 e. The summed E-state index contributed by atoms with van der Waals surface area (Å²) in [5.41, 5.74) is 0.835. The summed E-state index contributed by atoms with van der Waals surface area (Å²) in [5, 5.41) is 6.47. The summed E-state index contributed by atoms with van der Waals surface area (Å²) in [7, 11) is 0. The number of urea groups is 1. The molecule has 8 nitrogen and oxygen atoms in total. The second-order valence-electron chi connectivity index (χ2n) is 6.88. The quantitative estimate of drug-likeness (QED) is 0.568. The van der Waals surface area contributed by atoms with Crippen molar-refractivity contribution < 1.29 is 18.8 Å². The highest BCUT2D eigenvalue weighted by atomic mass is 16.3. The van der Waals surface area contributed by atoms with Gasteiger partial charge < -0.3 is 20.0 Å². The maximum Gasteiger partial charge on any atom is 0.325 e. The number of aromatic nitrogens is 1. The Bertz CT molecular complexity index is 1040. The van der Waals surface area contributed by atoms with E-state index in [0.29, 0.717) is 18.7 Å². The SMILES string of the molecule is C[C@]1(c2ccco2)NC(=O)N(CC(=O)NCCc2c[nH]c3ccccc23)C1=O. The fraction of sp³-hybridized carbons (Fsp3) is 0.250. The molecule has 0 radical (unpaired) electrons. The molecular formula is C20H20N4O4. The minimum absolute atomic E-state index is 0.327. The van der Waals surface area contributed by atoms with E-state index in [1.807, 2.05) is 30.5 Å². The molecule has 8 heteroatoms. The molecule has 144 valence electrons. The third-order valence-corrected chi connectivity index (χ3v) is 4.98. The van der Waals surface area contributed by atoms with Crippen molar-refractivity contribution in [2.24, 2.45) is 0 Å². The number of fused-ring (bicyclic) bond motifs is 1. The third-order valence-electron chi connectivity index (χ3n) is 4.98. The summed E-state index contributed by atoms with van der Waals surface area (Å²) >= 11 is 0. The van der Waals surface area contributed by atoms with Gasteiger partial charge in [0.1, 0.15) is 12.3 Å². The molecule has 0 unspecified atom stereocenters. The van der Waals surface area contributed by atoms with Gasteiger partial charge in [-0.25, -0.2) is 4.79 Å². The van der Waals surface area contributed by atoms with Crippen molar-refractivity contribution in [2.75, 3.05) is 13.1 Å². The number of furan rings is 1. The Hall–Kier alpha value is -3.55. The van der Waals surface area contributed by atoms with E-state index in [-0.39, 0.29) is 6.54 Å². The Morgan fingerprint density at radius 2 is 2.04 bits per heavy atom. The lowest BCUT2D eigenvalue weighted by Crippen LogP contribution is -2.43. The van der Waals surface area contributed by atoms with Gasteiger partial charge in [0.25, 0.3) is 5.91 Å². The Morgan fingerprint density at radius 1 is 1.21 bits per heavy atom. The highest BCUT2D eigenvalue weighted by Crippen LogP contribution is 2.28. The Morgan fingerprint density at radius 3 is 2.82 bits per heavy atom. The second-order valence-corrected chi connectivity index (χ2v) is 6.88. The molecular weight excluding hydrogens is 360 g/mol. The highest BCUT2D eigenvalue weighted by Gasteiger charge is 2.51. The summed E-state index contributed by atoms with van der Waals surface area (Å²) in [6.45, 7) is 1.62. The monoisotopic (exact) mass is 380 g/mol. The van der Waals surface area contributed by atoms with Gasteiger partial charge in [-0.3, -0.25) is 14.5 Å². The van der Waals surface area contributed by atoms with Crippen LogP contribution in [-0.4, -0.2) is 40.8 Å². The van der Waals surface area contributed by atoms with Crippen molar-refractivity contribution in [3.8, 4) is 0 Å². The van der Waals surface area contributed by atoms with Gasteiger partial charge in [-0.05, 0) is 37.1 Å². The molecule has 1 aromatic carbocycles. The van der Waals surface area contributed by atoms with Crippen LogP contribution in [0.2, 0.25) is 0 Å². The molecule has 1 fully saturated rings. The van der Waals surface area contributed by atoms with Crippen LogP contribution < -0.4 is 10.6 Å². The third kappa shape index (κ3) is 3.02. The zero-order valence-electron chi connectivity index (χ0n) is 15.3. The number of carbonyl (C=O) groups is 3. The first-order valence-corrected chi connectivity index (χ1v) is 8.99. The van der Waals surface area contributed by atoms with Gasteiger partial charge in [0.15, 0.2) is 5.54 Å². The molecule has 3 aromatic rings. The molecule has 4 rings (SSSR count). The first-order chi connectivity index (χ1) is 13.5. The predicted molar refractivity (Wildman–Crippen MR) is 101 cm³/mol. The number of benzene rings is 1. The Kier molecular flexibility index (Phi) is 4.38. The van der Waals surface area contributed by atoms with Crippen molar-refractivity contribution in [3.05, 3.63) is 60.2 Å². The molecule has 1 saturated heterocycles.